The highest BCUT2D eigenvalue weighted by molar-refractivity contribution is 7.94. The molecule has 138 valence electrons. The van der Waals surface area contributed by atoms with E-state index in [1.807, 2.05) is 23.8 Å². The maximum atomic E-state index is 12.7. The van der Waals surface area contributed by atoms with Crippen molar-refractivity contribution >= 4 is 50.0 Å². The summed E-state index contributed by atoms with van der Waals surface area (Å²) in [5.74, 6) is 0. The fourth-order valence-corrected chi connectivity index (χ4v) is 5.91. The van der Waals surface area contributed by atoms with Gasteiger partial charge in [0.15, 0.2) is 0 Å². The van der Waals surface area contributed by atoms with Crippen LogP contribution in [0, 0.1) is 6.92 Å². The summed E-state index contributed by atoms with van der Waals surface area (Å²) >= 11 is 8.83. The molecular formula is C18H19ClN2O2S3. The number of rotatable bonds is 4. The zero-order valence-corrected chi connectivity index (χ0v) is 18.0. The van der Waals surface area contributed by atoms with Gasteiger partial charge >= 0.3 is 0 Å². The average Bonchev–Trinajstić information content (AvgIpc) is 3.17. The summed E-state index contributed by atoms with van der Waals surface area (Å²) in [6.07, 6.45) is 0. The summed E-state index contributed by atoms with van der Waals surface area (Å²) < 4.78 is 28.1. The lowest BCUT2D eigenvalue weighted by Crippen LogP contribution is -2.12. The molecule has 0 saturated carbocycles. The van der Waals surface area contributed by atoms with Crippen LogP contribution in [0.4, 0.5) is 5.69 Å². The van der Waals surface area contributed by atoms with E-state index < -0.39 is 10.0 Å². The molecule has 0 atom stereocenters. The highest BCUT2D eigenvalue weighted by Gasteiger charge is 2.21. The monoisotopic (exact) mass is 426 g/mol. The van der Waals surface area contributed by atoms with Crippen LogP contribution in [0.5, 0.6) is 0 Å². The van der Waals surface area contributed by atoms with Gasteiger partial charge in [-0.2, -0.15) is 0 Å². The van der Waals surface area contributed by atoms with E-state index in [2.05, 4.69) is 30.5 Å². The Hall–Kier alpha value is -1.41. The normalized spacial score (nSPS) is 12.3. The molecule has 26 heavy (non-hydrogen) atoms. The lowest BCUT2D eigenvalue weighted by Gasteiger charge is -2.14. The van der Waals surface area contributed by atoms with E-state index in [1.54, 1.807) is 18.2 Å². The number of benzene rings is 1. The van der Waals surface area contributed by atoms with Crippen molar-refractivity contribution in [1.82, 2.24) is 4.98 Å². The Bertz CT molecular complexity index is 1050. The molecule has 0 aliphatic rings. The molecule has 2 aromatic heterocycles. The van der Waals surface area contributed by atoms with Crippen molar-refractivity contribution in [2.24, 2.45) is 0 Å². The third kappa shape index (κ3) is 4.11. The highest BCUT2D eigenvalue weighted by Crippen LogP contribution is 2.34. The van der Waals surface area contributed by atoms with Crippen LogP contribution in [-0.2, 0) is 15.4 Å². The van der Waals surface area contributed by atoms with Crippen LogP contribution >= 0.6 is 34.3 Å². The Morgan fingerprint density at radius 3 is 2.46 bits per heavy atom. The Balaban J connectivity index is 1.87. The van der Waals surface area contributed by atoms with E-state index in [4.69, 9.17) is 11.6 Å². The summed E-state index contributed by atoms with van der Waals surface area (Å²) in [5, 5.41) is 5.03. The summed E-state index contributed by atoms with van der Waals surface area (Å²) in [5.41, 5.74) is 3.11. The van der Waals surface area contributed by atoms with Gasteiger partial charge in [0, 0.05) is 21.7 Å². The molecule has 4 nitrogen and oxygen atoms in total. The quantitative estimate of drug-likeness (QED) is 0.562. The molecule has 0 aliphatic heterocycles. The first kappa shape index (κ1) is 19.4. The summed E-state index contributed by atoms with van der Waals surface area (Å²) in [7, 11) is -3.70. The fraction of sp³-hybridized carbons (Fsp3) is 0.278. The molecule has 0 fully saturated rings. The third-order valence-corrected chi connectivity index (χ3v) is 7.74. The Morgan fingerprint density at radius 1 is 1.12 bits per heavy atom. The van der Waals surface area contributed by atoms with Crippen molar-refractivity contribution in [3.63, 3.8) is 0 Å². The van der Waals surface area contributed by atoms with Crippen LogP contribution in [0.3, 0.4) is 0 Å². The molecule has 1 aromatic carbocycles. The molecule has 0 unspecified atom stereocenters. The number of anilines is 1. The largest absolute Gasteiger partial charge is 0.277 e. The van der Waals surface area contributed by atoms with Gasteiger partial charge < -0.3 is 0 Å². The second-order valence-corrected chi connectivity index (χ2v) is 11.1. The predicted octanol–water partition coefficient (Wildman–Crippen LogP) is 5.93. The number of thiophene rings is 1. The molecule has 3 rings (SSSR count). The van der Waals surface area contributed by atoms with E-state index in [0.29, 0.717) is 10.7 Å². The first-order chi connectivity index (χ1) is 12.1. The lowest BCUT2D eigenvalue weighted by atomic mass is 9.93. The van der Waals surface area contributed by atoms with Gasteiger partial charge in [-0.05, 0) is 30.7 Å². The third-order valence-electron chi connectivity index (χ3n) is 3.73. The minimum atomic E-state index is -3.70. The number of hydrogen-bond donors (Lipinski definition) is 1. The SMILES string of the molecule is Cc1ccc(NS(=O)(=O)c2cc(-c3nc(C(C)(C)C)cs3)cs2)c(Cl)c1. The zero-order valence-electron chi connectivity index (χ0n) is 14.8. The number of hydrogen-bond acceptors (Lipinski definition) is 5. The number of nitrogens with one attached hydrogen (secondary N) is 1. The van der Waals surface area contributed by atoms with E-state index in [-0.39, 0.29) is 9.62 Å². The van der Waals surface area contributed by atoms with Crippen LogP contribution < -0.4 is 4.72 Å². The van der Waals surface area contributed by atoms with Gasteiger partial charge in [0.25, 0.3) is 10.0 Å². The van der Waals surface area contributed by atoms with Crippen LogP contribution in [-0.4, -0.2) is 13.4 Å². The van der Waals surface area contributed by atoms with Crippen LogP contribution in [0.25, 0.3) is 10.6 Å². The molecule has 8 heteroatoms. The Kier molecular flexibility index (Phi) is 5.18. The molecule has 0 bridgehead atoms. The van der Waals surface area contributed by atoms with Gasteiger partial charge in [0.2, 0.25) is 0 Å². The molecule has 0 radical (unpaired) electrons. The van der Waals surface area contributed by atoms with Gasteiger partial charge in [-0.1, -0.05) is 38.4 Å². The maximum absolute atomic E-state index is 12.7. The van der Waals surface area contributed by atoms with Crippen LogP contribution in [0.2, 0.25) is 5.02 Å². The number of thiazole rings is 1. The first-order valence-electron chi connectivity index (χ1n) is 7.90. The number of aryl methyl sites for hydroxylation is 1. The van der Waals surface area contributed by atoms with Crippen molar-refractivity contribution < 1.29 is 8.42 Å². The van der Waals surface area contributed by atoms with Gasteiger partial charge in [-0.3, -0.25) is 4.72 Å². The van der Waals surface area contributed by atoms with Crippen molar-refractivity contribution in [2.75, 3.05) is 4.72 Å². The fourth-order valence-electron chi connectivity index (χ4n) is 2.22. The smallest absolute Gasteiger partial charge is 0.271 e. The van der Waals surface area contributed by atoms with Crippen molar-refractivity contribution in [2.45, 2.75) is 37.3 Å². The van der Waals surface area contributed by atoms with E-state index in [9.17, 15) is 8.42 Å². The molecule has 0 spiro atoms. The van der Waals surface area contributed by atoms with Gasteiger partial charge in [-0.25, -0.2) is 13.4 Å². The molecule has 0 aliphatic carbocycles. The van der Waals surface area contributed by atoms with E-state index >= 15 is 0 Å². The number of nitrogens with zero attached hydrogens (tertiary/aromatic N) is 1. The summed E-state index contributed by atoms with van der Waals surface area (Å²) in [6.45, 7) is 8.20. The standard InChI is InChI=1S/C18H19ClN2O2S3/c1-11-5-6-14(13(19)7-11)21-26(22,23)16-8-12(9-24-16)17-20-15(10-25-17)18(2,3)4/h5-10,21H,1-4H3. The van der Waals surface area contributed by atoms with Gasteiger partial charge in [0.1, 0.15) is 9.22 Å². The maximum Gasteiger partial charge on any atom is 0.271 e. The van der Waals surface area contributed by atoms with Gasteiger partial charge in [-0.15, -0.1) is 22.7 Å². The molecule has 2 heterocycles. The van der Waals surface area contributed by atoms with Crippen molar-refractivity contribution in [1.29, 1.82) is 0 Å². The summed E-state index contributed by atoms with van der Waals surface area (Å²) in [4.78, 5) is 4.64. The lowest BCUT2D eigenvalue weighted by molar-refractivity contribution is 0.573. The van der Waals surface area contributed by atoms with Crippen molar-refractivity contribution in [3.8, 4) is 10.6 Å². The predicted molar refractivity (Wildman–Crippen MR) is 111 cm³/mol. The van der Waals surface area contributed by atoms with Crippen LogP contribution in [0.15, 0.2) is 39.2 Å². The minimum Gasteiger partial charge on any atom is -0.277 e. The molecule has 1 N–H and O–H groups in total. The van der Waals surface area contributed by atoms with E-state index in [1.165, 1.54) is 22.7 Å². The van der Waals surface area contributed by atoms with E-state index in [0.717, 1.165) is 21.8 Å². The molecular weight excluding hydrogens is 408 g/mol. The topological polar surface area (TPSA) is 59.1 Å². The molecule has 0 saturated heterocycles. The first-order valence-corrected chi connectivity index (χ1v) is 11.5. The number of sulfonamides is 1. The Morgan fingerprint density at radius 2 is 1.85 bits per heavy atom. The zero-order chi connectivity index (χ0) is 19.1. The number of aromatic nitrogens is 1. The Labute approximate surface area is 166 Å². The van der Waals surface area contributed by atoms with Crippen molar-refractivity contribution in [3.05, 3.63) is 51.3 Å². The minimum absolute atomic E-state index is 0.0383. The molecule has 0 amide bonds. The number of halogens is 1. The average molecular weight is 427 g/mol. The van der Waals surface area contributed by atoms with Gasteiger partial charge in [0.05, 0.1) is 16.4 Å². The highest BCUT2D eigenvalue weighted by atomic mass is 35.5. The second kappa shape index (κ2) is 6.96. The second-order valence-electron chi connectivity index (χ2n) is 7.03. The van der Waals surface area contributed by atoms with Crippen LogP contribution in [0.1, 0.15) is 32.0 Å². The summed E-state index contributed by atoms with van der Waals surface area (Å²) in [6, 6.07) is 6.86. The molecule has 3 aromatic rings.